The molecule has 1 aromatic heterocycles. The fourth-order valence-electron chi connectivity index (χ4n) is 1.47. The fraction of sp³-hybridized carbons (Fsp3) is 0.250. The SMILES string of the molecule is COC(=O)NCC(=O)Nc1nc2ccc(C)cc2s1. The van der Waals surface area contributed by atoms with E-state index in [1.165, 1.54) is 18.4 Å². The molecule has 0 fully saturated rings. The van der Waals surface area contributed by atoms with Gasteiger partial charge in [-0.3, -0.25) is 4.79 Å². The summed E-state index contributed by atoms with van der Waals surface area (Å²) in [5, 5.41) is 5.44. The number of carbonyl (C=O) groups excluding carboxylic acids is 2. The molecule has 2 N–H and O–H groups in total. The number of carbonyl (C=O) groups is 2. The van der Waals surface area contributed by atoms with E-state index in [1.807, 2.05) is 25.1 Å². The van der Waals surface area contributed by atoms with E-state index >= 15 is 0 Å². The van der Waals surface area contributed by atoms with Crippen molar-refractivity contribution in [2.24, 2.45) is 0 Å². The Morgan fingerprint density at radius 1 is 1.42 bits per heavy atom. The predicted molar refractivity (Wildman–Crippen MR) is 73.4 cm³/mol. The lowest BCUT2D eigenvalue weighted by molar-refractivity contribution is -0.115. The Morgan fingerprint density at radius 2 is 2.21 bits per heavy atom. The summed E-state index contributed by atoms with van der Waals surface area (Å²) in [5.74, 6) is -0.346. The topological polar surface area (TPSA) is 80.3 Å². The molecular weight excluding hydrogens is 266 g/mol. The van der Waals surface area contributed by atoms with Gasteiger partial charge in [-0.15, -0.1) is 0 Å². The van der Waals surface area contributed by atoms with E-state index in [4.69, 9.17) is 0 Å². The quantitative estimate of drug-likeness (QED) is 0.899. The second kappa shape index (κ2) is 5.66. The highest BCUT2D eigenvalue weighted by atomic mass is 32.1. The number of aromatic nitrogens is 1. The summed E-state index contributed by atoms with van der Waals surface area (Å²) in [6, 6.07) is 5.88. The lowest BCUT2D eigenvalue weighted by Crippen LogP contribution is -2.32. The zero-order chi connectivity index (χ0) is 13.8. The maximum Gasteiger partial charge on any atom is 0.407 e. The van der Waals surface area contributed by atoms with Gasteiger partial charge in [-0.05, 0) is 24.6 Å². The number of thiazole rings is 1. The molecule has 0 aliphatic rings. The highest BCUT2D eigenvalue weighted by molar-refractivity contribution is 7.22. The first-order chi connectivity index (χ1) is 9.08. The van der Waals surface area contributed by atoms with Crippen LogP contribution in [0.5, 0.6) is 0 Å². The molecule has 19 heavy (non-hydrogen) atoms. The molecule has 2 rings (SSSR count). The zero-order valence-electron chi connectivity index (χ0n) is 10.5. The Labute approximate surface area is 113 Å². The van der Waals surface area contributed by atoms with E-state index < -0.39 is 6.09 Å². The maximum absolute atomic E-state index is 11.6. The summed E-state index contributed by atoms with van der Waals surface area (Å²) in [6.07, 6.45) is -0.643. The van der Waals surface area contributed by atoms with Crippen molar-refractivity contribution >= 4 is 38.7 Å². The molecule has 0 bridgehead atoms. The first kappa shape index (κ1) is 13.3. The van der Waals surface area contributed by atoms with Crippen LogP contribution in [0.25, 0.3) is 10.2 Å². The van der Waals surface area contributed by atoms with E-state index in [1.54, 1.807) is 0 Å². The molecule has 2 amide bonds. The monoisotopic (exact) mass is 279 g/mol. The van der Waals surface area contributed by atoms with Gasteiger partial charge in [0.25, 0.3) is 0 Å². The molecule has 0 aliphatic carbocycles. The Bertz CT molecular complexity index is 624. The molecule has 0 atom stereocenters. The van der Waals surface area contributed by atoms with Gasteiger partial charge in [-0.1, -0.05) is 17.4 Å². The van der Waals surface area contributed by atoms with Crippen molar-refractivity contribution < 1.29 is 14.3 Å². The van der Waals surface area contributed by atoms with Gasteiger partial charge in [0.05, 0.1) is 17.3 Å². The summed E-state index contributed by atoms with van der Waals surface area (Å²) < 4.78 is 5.38. The first-order valence-electron chi connectivity index (χ1n) is 5.57. The molecule has 1 aromatic carbocycles. The third-order valence-corrected chi connectivity index (χ3v) is 3.30. The molecule has 100 valence electrons. The number of rotatable bonds is 3. The normalized spacial score (nSPS) is 10.2. The van der Waals surface area contributed by atoms with E-state index in [2.05, 4.69) is 20.4 Å². The van der Waals surface area contributed by atoms with Crippen LogP contribution in [0.15, 0.2) is 18.2 Å². The van der Waals surface area contributed by atoms with Crippen molar-refractivity contribution in [2.45, 2.75) is 6.92 Å². The molecule has 0 aliphatic heterocycles. The third-order valence-electron chi connectivity index (χ3n) is 2.37. The second-order valence-corrected chi connectivity index (χ2v) is 4.91. The van der Waals surface area contributed by atoms with Crippen molar-refractivity contribution in [1.29, 1.82) is 0 Å². The smallest absolute Gasteiger partial charge is 0.407 e. The molecule has 0 saturated carbocycles. The van der Waals surface area contributed by atoms with Crippen molar-refractivity contribution in [3.63, 3.8) is 0 Å². The number of aryl methyl sites for hydroxylation is 1. The Morgan fingerprint density at radius 3 is 2.95 bits per heavy atom. The van der Waals surface area contributed by atoms with Crippen LogP contribution in [0, 0.1) is 6.92 Å². The lowest BCUT2D eigenvalue weighted by atomic mass is 10.2. The Kier molecular flexibility index (Phi) is 3.96. The fourth-order valence-corrected chi connectivity index (χ4v) is 2.45. The van der Waals surface area contributed by atoms with Gasteiger partial charge in [0, 0.05) is 0 Å². The van der Waals surface area contributed by atoms with Crippen molar-refractivity contribution in [3.05, 3.63) is 23.8 Å². The number of benzene rings is 1. The minimum absolute atomic E-state index is 0.151. The van der Waals surface area contributed by atoms with E-state index in [0.29, 0.717) is 5.13 Å². The third kappa shape index (κ3) is 3.41. The van der Waals surface area contributed by atoms with Crippen LogP contribution < -0.4 is 10.6 Å². The standard InChI is InChI=1S/C12H13N3O3S/c1-7-3-4-8-9(5-7)19-11(14-8)15-10(16)6-13-12(17)18-2/h3-5H,6H2,1-2H3,(H,13,17)(H,14,15,16). The number of hydrogen-bond donors (Lipinski definition) is 2. The number of nitrogens with one attached hydrogen (secondary N) is 2. The molecule has 0 spiro atoms. The van der Waals surface area contributed by atoms with Crippen LogP contribution >= 0.6 is 11.3 Å². The van der Waals surface area contributed by atoms with E-state index in [-0.39, 0.29) is 12.5 Å². The maximum atomic E-state index is 11.6. The highest BCUT2D eigenvalue weighted by Crippen LogP contribution is 2.26. The van der Waals surface area contributed by atoms with Crippen molar-refractivity contribution in [3.8, 4) is 0 Å². The number of amides is 2. The molecule has 6 nitrogen and oxygen atoms in total. The van der Waals surface area contributed by atoms with Crippen molar-refractivity contribution in [1.82, 2.24) is 10.3 Å². The Balaban J connectivity index is 2.01. The summed E-state index contributed by atoms with van der Waals surface area (Å²) >= 11 is 1.39. The predicted octanol–water partition coefficient (Wildman–Crippen LogP) is 1.90. The second-order valence-electron chi connectivity index (χ2n) is 3.88. The highest BCUT2D eigenvalue weighted by Gasteiger charge is 2.09. The average Bonchev–Trinajstić information content (AvgIpc) is 2.77. The van der Waals surface area contributed by atoms with Gasteiger partial charge in [0.1, 0.15) is 6.54 Å². The summed E-state index contributed by atoms with van der Waals surface area (Å²) in [7, 11) is 1.24. The van der Waals surface area contributed by atoms with Gasteiger partial charge >= 0.3 is 6.09 Å². The zero-order valence-corrected chi connectivity index (χ0v) is 11.3. The van der Waals surface area contributed by atoms with Gasteiger partial charge < -0.3 is 15.4 Å². The molecule has 7 heteroatoms. The van der Waals surface area contributed by atoms with E-state index in [0.717, 1.165) is 15.8 Å². The average molecular weight is 279 g/mol. The van der Waals surface area contributed by atoms with Crippen LogP contribution in [0.4, 0.5) is 9.93 Å². The van der Waals surface area contributed by atoms with Crippen LogP contribution in [-0.4, -0.2) is 30.6 Å². The number of methoxy groups -OCH3 is 1. The Hall–Kier alpha value is -2.15. The van der Waals surface area contributed by atoms with Gasteiger partial charge in [0.15, 0.2) is 5.13 Å². The molecule has 0 radical (unpaired) electrons. The molecule has 0 saturated heterocycles. The minimum Gasteiger partial charge on any atom is -0.453 e. The molecule has 1 heterocycles. The summed E-state index contributed by atoms with van der Waals surface area (Å²) in [4.78, 5) is 26.7. The van der Waals surface area contributed by atoms with Crippen LogP contribution in [0.2, 0.25) is 0 Å². The van der Waals surface area contributed by atoms with Crippen LogP contribution in [0.3, 0.4) is 0 Å². The first-order valence-corrected chi connectivity index (χ1v) is 6.39. The lowest BCUT2D eigenvalue weighted by Gasteiger charge is -2.02. The number of alkyl carbamates (subject to hydrolysis) is 1. The van der Waals surface area contributed by atoms with Gasteiger partial charge in [-0.25, -0.2) is 9.78 Å². The van der Waals surface area contributed by atoms with Gasteiger partial charge in [0.2, 0.25) is 5.91 Å². The number of hydrogen-bond acceptors (Lipinski definition) is 5. The molecular formula is C12H13N3O3S. The summed E-state index contributed by atoms with van der Waals surface area (Å²) in [5.41, 5.74) is 1.98. The van der Waals surface area contributed by atoms with Crippen molar-refractivity contribution in [2.75, 3.05) is 19.0 Å². The van der Waals surface area contributed by atoms with Gasteiger partial charge in [-0.2, -0.15) is 0 Å². The molecule has 2 aromatic rings. The van der Waals surface area contributed by atoms with Crippen LogP contribution in [-0.2, 0) is 9.53 Å². The molecule has 0 unspecified atom stereocenters. The number of anilines is 1. The summed E-state index contributed by atoms with van der Waals surface area (Å²) in [6.45, 7) is 1.85. The largest absolute Gasteiger partial charge is 0.453 e. The van der Waals surface area contributed by atoms with Crippen LogP contribution in [0.1, 0.15) is 5.56 Å². The number of nitrogens with zero attached hydrogens (tertiary/aromatic N) is 1. The number of fused-ring (bicyclic) bond motifs is 1. The minimum atomic E-state index is -0.643. The number of ether oxygens (including phenoxy) is 1. The van der Waals surface area contributed by atoms with E-state index in [9.17, 15) is 9.59 Å².